The Labute approximate surface area is 147 Å². The van der Waals surface area contributed by atoms with E-state index in [9.17, 15) is 8.42 Å². The van der Waals surface area contributed by atoms with Gasteiger partial charge in [-0.2, -0.15) is 0 Å². The number of nitrogens with one attached hydrogen (secondary N) is 1. The first-order valence-electron chi connectivity index (χ1n) is 7.14. The molecule has 0 heterocycles. The van der Waals surface area contributed by atoms with Crippen LogP contribution in [0.1, 0.15) is 31.9 Å². The van der Waals surface area contributed by atoms with E-state index in [4.69, 9.17) is 23.2 Å². The van der Waals surface area contributed by atoms with Gasteiger partial charge in [-0.05, 0) is 34.7 Å². The number of hydrogen-bond acceptors (Lipinski definition) is 2. The molecule has 0 amide bonds. The largest absolute Gasteiger partial charge is 0.242 e. The smallest absolute Gasteiger partial charge is 0.207 e. The third kappa shape index (κ3) is 4.70. The molecule has 0 radical (unpaired) electrons. The molecule has 124 valence electrons. The second-order valence-electron chi connectivity index (χ2n) is 6.35. The molecule has 0 saturated heterocycles. The molecule has 0 unspecified atom stereocenters. The highest BCUT2D eigenvalue weighted by molar-refractivity contribution is 7.89. The number of hydrogen-bond donors (Lipinski definition) is 1. The molecule has 0 aliphatic rings. The van der Waals surface area contributed by atoms with Crippen LogP contribution in [0.15, 0.2) is 47.4 Å². The zero-order chi connectivity index (χ0) is 17.3. The molecule has 23 heavy (non-hydrogen) atoms. The second kappa shape index (κ2) is 6.81. The van der Waals surface area contributed by atoms with Gasteiger partial charge in [0.1, 0.15) is 4.90 Å². The fraction of sp³-hybridized carbons (Fsp3) is 0.294. The van der Waals surface area contributed by atoms with Crippen LogP contribution in [-0.4, -0.2) is 8.42 Å². The van der Waals surface area contributed by atoms with E-state index >= 15 is 0 Å². The van der Waals surface area contributed by atoms with Crippen LogP contribution < -0.4 is 4.72 Å². The van der Waals surface area contributed by atoms with E-state index in [1.165, 1.54) is 17.7 Å². The van der Waals surface area contributed by atoms with Crippen LogP contribution in [0.5, 0.6) is 0 Å². The molecule has 0 atom stereocenters. The molecule has 2 rings (SSSR count). The van der Waals surface area contributed by atoms with Crippen molar-refractivity contribution >= 4 is 33.2 Å². The van der Waals surface area contributed by atoms with Gasteiger partial charge < -0.3 is 0 Å². The van der Waals surface area contributed by atoms with Gasteiger partial charge in [-0.25, -0.2) is 13.1 Å². The minimum absolute atomic E-state index is 0.0158. The first-order chi connectivity index (χ1) is 10.6. The van der Waals surface area contributed by atoms with Gasteiger partial charge in [0, 0.05) is 11.6 Å². The summed E-state index contributed by atoms with van der Waals surface area (Å²) in [4.78, 5) is -0.0158. The van der Waals surface area contributed by atoms with Crippen molar-refractivity contribution in [3.8, 4) is 0 Å². The Morgan fingerprint density at radius 2 is 1.61 bits per heavy atom. The van der Waals surface area contributed by atoms with E-state index in [0.29, 0.717) is 5.02 Å². The summed E-state index contributed by atoms with van der Waals surface area (Å²) in [5.41, 5.74) is 2.13. The highest BCUT2D eigenvalue weighted by Gasteiger charge is 2.18. The van der Waals surface area contributed by atoms with Crippen LogP contribution in [0.4, 0.5) is 0 Å². The van der Waals surface area contributed by atoms with E-state index in [0.717, 1.165) is 5.56 Å². The van der Waals surface area contributed by atoms with Crippen LogP contribution in [0.3, 0.4) is 0 Å². The highest BCUT2D eigenvalue weighted by Crippen LogP contribution is 2.25. The Morgan fingerprint density at radius 3 is 2.17 bits per heavy atom. The van der Waals surface area contributed by atoms with E-state index in [2.05, 4.69) is 25.5 Å². The normalized spacial score (nSPS) is 12.4. The van der Waals surface area contributed by atoms with Gasteiger partial charge in [0.05, 0.1) is 5.02 Å². The number of halogens is 2. The summed E-state index contributed by atoms with van der Waals surface area (Å²) >= 11 is 11.8. The van der Waals surface area contributed by atoms with Crippen molar-refractivity contribution in [1.29, 1.82) is 0 Å². The van der Waals surface area contributed by atoms with Gasteiger partial charge in [0.15, 0.2) is 0 Å². The van der Waals surface area contributed by atoms with Crippen molar-refractivity contribution in [3.05, 3.63) is 63.6 Å². The van der Waals surface area contributed by atoms with Gasteiger partial charge >= 0.3 is 0 Å². The quantitative estimate of drug-likeness (QED) is 0.840. The lowest BCUT2D eigenvalue weighted by Gasteiger charge is -2.19. The van der Waals surface area contributed by atoms with E-state index in [1.807, 2.05) is 24.3 Å². The average Bonchev–Trinajstić information content (AvgIpc) is 2.47. The Kier molecular flexibility index (Phi) is 5.41. The Bertz CT molecular complexity index is 794. The lowest BCUT2D eigenvalue weighted by Crippen LogP contribution is -2.23. The zero-order valence-electron chi connectivity index (χ0n) is 13.2. The molecule has 0 saturated carbocycles. The average molecular weight is 372 g/mol. The molecule has 0 aromatic heterocycles. The molecule has 0 fully saturated rings. The van der Waals surface area contributed by atoms with Crippen LogP contribution in [0, 0.1) is 0 Å². The maximum atomic E-state index is 12.4. The molecule has 2 aromatic rings. The fourth-order valence-electron chi connectivity index (χ4n) is 2.06. The maximum Gasteiger partial charge on any atom is 0.242 e. The van der Waals surface area contributed by atoms with Gasteiger partial charge in [0.25, 0.3) is 0 Å². The van der Waals surface area contributed by atoms with E-state index < -0.39 is 10.0 Å². The summed E-state index contributed by atoms with van der Waals surface area (Å²) in [6.45, 7) is 6.58. The summed E-state index contributed by atoms with van der Waals surface area (Å²) in [6, 6.07) is 12.2. The minimum atomic E-state index is -3.72. The fourth-order valence-corrected chi connectivity index (χ4v) is 3.84. The molecular weight excluding hydrogens is 353 g/mol. The minimum Gasteiger partial charge on any atom is -0.207 e. The molecule has 3 nitrogen and oxygen atoms in total. The lowest BCUT2D eigenvalue weighted by molar-refractivity contribution is 0.580. The third-order valence-corrected chi connectivity index (χ3v) is 5.59. The summed E-state index contributed by atoms with van der Waals surface area (Å²) in [6.07, 6.45) is 0. The van der Waals surface area contributed by atoms with Crippen molar-refractivity contribution in [2.24, 2.45) is 0 Å². The van der Waals surface area contributed by atoms with Crippen molar-refractivity contribution in [2.75, 3.05) is 0 Å². The molecule has 2 aromatic carbocycles. The summed E-state index contributed by atoms with van der Waals surface area (Å²) in [5, 5.41) is 0.467. The SMILES string of the molecule is CC(C)(C)c1ccc(CNS(=O)(=O)c2cc(Cl)ccc2Cl)cc1. The maximum absolute atomic E-state index is 12.4. The van der Waals surface area contributed by atoms with Crippen molar-refractivity contribution < 1.29 is 8.42 Å². The highest BCUT2D eigenvalue weighted by atomic mass is 35.5. The van der Waals surface area contributed by atoms with E-state index in [-0.39, 0.29) is 21.9 Å². The Morgan fingerprint density at radius 1 is 1.00 bits per heavy atom. The number of sulfonamides is 1. The van der Waals surface area contributed by atoms with Crippen LogP contribution in [0.2, 0.25) is 10.0 Å². The second-order valence-corrected chi connectivity index (χ2v) is 8.93. The van der Waals surface area contributed by atoms with Crippen LogP contribution in [-0.2, 0) is 22.0 Å². The molecule has 0 spiro atoms. The summed E-state index contributed by atoms with van der Waals surface area (Å²) in [7, 11) is -3.72. The van der Waals surface area contributed by atoms with Gasteiger partial charge in [0.2, 0.25) is 10.0 Å². The molecule has 6 heteroatoms. The van der Waals surface area contributed by atoms with Gasteiger partial charge in [-0.15, -0.1) is 0 Å². The zero-order valence-corrected chi connectivity index (χ0v) is 15.6. The predicted octanol–water partition coefficient (Wildman–Crippen LogP) is 4.77. The van der Waals surface area contributed by atoms with Gasteiger partial charge in [-0.3, -0.25) is 0 Å². The van der Waals surface area contributed by atoms with Crippen molar-refractivity contribution in [3.63, 3.8) is 0 Å². The predicted molar refractivity (Wildman–Crippen MR) is 95.6 cm³/mol. The first-order valence-corrected chi connectivity index (χ1v) is 9.38. The summed E-state index contributed by atoms with van der Waals surface area (Å²) in [5.74, 6) is 0. The van der Waals surface area contributed by atoms with Crippen LogP contribution in [0.25, 0.3) is 0 Å². The molecule has 1 N–H and O–H groups in total. The molecule has 0 aliphatic carbocycles. The molecule has 0 aliphatic heterocycles. The monoisotopic (exact) mass is 371 g/mol. The standard InChI is InChI=1S/C17H19Cl2NO2S/c1-17(2,3)13-6-4-12(5-7-13)11-20-23(21,22)16-10-14(18)8-9-15(16)19/h4-10,20H,11H2,1-3H3. The van der Waals surface area contributed by atoms with E-state index in [1.54, 1.807) is 6.07 Å². The van der Waals surface area contributed by atoms with Crippen molar-refractivity contribution in [2.45, 2.75) is 37.6 Å². The Balaban J connectivity index is 2.15. The first kappa shape index (κ1) is 18.3. The van der Waals surface area contributed by atoms with Crippen molar-refractivity contribution in [1.82, 2.24) is 4.72 Å². The third-order valence-electron chi connectivity index (χ3n) is 3.47. The van der Waals surface area contributed by atoms with Crippen LogP contribution >= 0.6 is 23.2 Å². The topological polar surface area (TPSA) is 46.2 Å². The molecular formula is C17H19Cl2NO2S. The van der Waals surface area contributed by atoms with Gasteiger partial charge in [-0.1, -0.05) is 68.2 Å². The molecule has 0 bridgehead atoms. The number of rotatable bonds is 4. The number of benzene rings is 2. The summed E-state index contributed by atoms with van der Waals surface area (Å²) < 4.78 is 27.2. The lowest BCUT2D eigenvalue weighted by atomic mass is 9.87. The Hall–Kier alpha value is -1.07.